The van der Waals surface area contributed by atoms with Crippen molar-refractivity contribution < 1.29 is 13.2 Å². The van der Waals surface area contributed by atoms with E-state index in [4.69, 9.17) is 16.3 Å². The lowest BCUT2D eigenvalue weighted by Gasteiger charge is -2.35. The van der Waals surface area contributed by atoms with Crippen molar-refractivity contribution in [3.05, 3.63) is 0 Å². The second kappa shape index (κ2) is 6.92. The Morgan fingerprint density at radius 2 is 1.94 bits per heavy atom. The van der Waals surface area contributed by atoms with Crippen LogP contribution in [0.1, 0.15) is 32.1 Å². The fraction of sp³-hybridized carbons (Fsp3) is 1.00. The number of nitrogens with one attached hydrogen (secondary N) is 1. The predicted octanol–water partition coefficient (Wildman–Crippen LogP) is 1.74. The maximum absolute atomic E-state index is 11.7. The molecule has 0 aliphatic heterocycles. The van der Waals surface area contributed by atoms with E-state index in [1.54, 1.807) is 0 Å². The molecule has 6 heteroatoms. The Hall–Kier alpha value is 0.160. The van der Waals surface area contributed by atoms with Crippen LogP contribution in [0.5, 0.6) is 0 Å². The maximum Gasteiger partial charge on any atom is 0.213 e. The van der Waals surface area contributed by atoms with Gasteiger partial charge in [-0.3, -0.25) is 0 Å². The van der Waals surface area contributed by atoms with Crippen molar-refractivity contribution >= 4 is 21.6 Å². The molecule has 0 saturated heterocycles. The van der Waals surface area contributed by atoms with Gasteiger partial charge in [-0.1, -0.05) is 19.3 Å². The van der Waals surface area contributed by atoms with Crippen LogP contribution in [0.25, 0.3) is 0 Å². The monoisotopic (exact) mass is 283 g/mol. The van der Waals surface area contributed by atoms with Gasteiger partial charge in [0.25, 0.3) is 0 Å². The first-order valence-electron chi connectivity index (χ1n) is 6.06. The normalized spacial score (nSPS) is 20.4. The Labute approximate surface area is 109 Å². The molecule has 0 amide bonds. The van der Waals surface area contributed by atoms with Crippen molar-refractivity contribution in [1.82, 2.24) is 4.72 Å². The summed E-state index contributed by atoms with van der Waals surface area (Å²) in [4.78, 5) is 0. The molecule has 0 heterocycles. The van der Waals surface area contributed by atoms with Gasteiger partial charge >= 0.3 is 0 Å². The van der Waals surface area contributed by atoms with Gasteiger partial charge in [-0.05, 0) is 18.3 Å². The molecule has 1 aliphatic rings. The number of ether oxygens (including phenoxy) is 1. The summed E-state index contributed by atoms with van der Waals surface area (Å²) in [7, 11) is -1.73. The highest BCUT2D eigenvalue weighted by atomic mass is 35.5. The summed E-state index contributed by atoms with van der Waals surface area (Å²) in [6, 6.07) is 0. The van der Waals surface area contributed by atoms with Crippen LogP contribution in [0.3, 0.4) is 0 Å². The highest BCUT2D eigenvalue weighted by Crippen LogP contribution is 2.36. The molecule has 17 heavy (non-hydrogen) atoms. The van der Waals surface area contributed by atoms with E-state index < -0.39 is 10.0 Å². The molecule has 0 bridgehead atoms. The van der Waals surface area contributed by atoms with Crippen molar-refractivity contribution in [1.29, 1.82) is 0 Å². The van der Waals surface area contributed by atoms with Gasteiger partial charge in [0.05, 0.1) is 12.4 Å². The van der Waals surface area contributed by atoms with Crippen LogP contribution in [-0.4, -0.2) is 40.3 Å². The molecular weight excluding hydrogens is 262 g/mol. The first kappa shape index (κ1) is 15.2. The first-order chi connectivity index (χ1) is 8.04. The summed E-state index contributed by atoms with van der Waals surface area (Å²) in [5, 5.41) is 0. The second-order valence-corrected chi connectivity index (χ2v) is 7.02. The van der Waals surface area contributed by atoms with E-state index in [9.17, 15) is 8.42 Å². The number of hydrogen-bond donors (Lipinski definition) is 1. The quantitative estimate of drug-likeness (QED) is 0.724. The molecule has 0 aromatic carbocycles. The molecule has 0 radical (unpaired) electrons. The summed E-state index contributed by atoms with van der Waals surface area (Å²) in [6.07, 6.45) is 5.56. The Bertz CT molecular complexity index is 313. The van der Waals surface area contributed by atoms with Gasteiger partial charge in [0.1, 0.15) is 0 Å². The molecule has 0 spiro atoms. The molecule has 4 nitrogen and oxygen atoms in total. The zero-order valence-corrected chi connectivity index (χ0v) is 11.9. The van der Waals surface area contributed by atoms with Crippen molar-refractivity contribution in [2.75, 3.05) is 31.9 Å². The minimum absolute atomic E-state index is 0.0157. The first-order valence-corrected chi connectivity index (χ1v) is 8.24. The minimum Gasteiger partial charge on any atom is -0.384 e. The van der Waals surface area contributed by atoms with Crippen LogP contribution < -0.4 is 4.72 Å². The van der Waals surface area contributed by atoms with Crippen LogP contribution in [0.2, 0.25) is 0 Å². The average molecular weight is 284 g/mol. The Balaban J connectivity index is 2.46. The van der Waals surface area contributed by atoms with Crippen LogP contribution in [0.15, 0.2) is 0 Å². The van der Waals surface area contributed by atoms with Crippen LogP contribution in [0.4, 0.5) is 0 Å². The molecule has 1 fully saturated rings. The average Bonchev–Trinajstić information content (AvgIpc) is 2.35. The molecule has 0 atom stereocenters. The number of rotatable bonds is 7. The molecule has 102 valence electrons. The van der Waals surface area contributed by atoms with E-state index in [0.29, 0.717) is 12.4 Å². The van der Waals surface area contributed by atoms with E-state index in [-0.39, 0.29) is 17.8 Å². The lowest BCUT2D eigenvalue weighted by Crippen LogP contribution is -2.41. The van der Waals surface area contributed by atoms with Crippen molar-refractivity contribution in [2.24, 2.45) is 5.41 Å². The molecular formula is C11H22ClNO3S. The van der Waals surface area contributed by atoms with E-state index in [1.165, 1.54) is 13.5 Å². The molecule has 1 rings (SSSR count). The third-order valence-electron chi connectivity index (χ3n) is 3.42. The molecule has 1 aliphatic carbocycles. The zero-order valence-electron chi connectivity index (χ0n) is 10.4. The van der Waals surface area contributed by atoms with Crippen molar-refractivity contribution in [3.63, 3.8) is 0 Å². The SMILES string of the molecule is COCCS(=O)(=O)NCC1(CCl)CCCCC1. The fourth-order valence-corrected chi connectivity index (χ4v) is 3.61. The van der Waals surface area contributed by atoms with Gasteiger partial charge in [-0.2, -0.15) is 0 Å². The van der Waals surface area contributed by atoms with Gasteiger partial charge in [0, 0.05) is 19.5 Å². The number of alkyl halides is 1. The summed E-state index contributed by atoms with van der Waals surface area (Å²) in [6.45, 7) is 0.686. The lowest BCUT2D eigenvalue weighted by atomic mass is 9.76. The summed E-state index contributed by atoms with van der Waals surface area (Å²) < 4.78 is 30.8. The van der Waals surface area contributed by atoms with E-state index in [0.717, 1.165) is 25.7 Å². The Kier molecular flexibility index (Phi) is 6.20. The van der Waals surface area contributed by atoms with Crippen LogP contribution in [-0.2, 0) is 14.8 Å². The summed E-state index contributed by atoms with van der Waals surface area (Å²) in [5.74, 6) is 0.543. The molecule has 0 aromatic heterocycles. The Morgan fingerprint density at radius 3 is 2.47 bits per heavy atom. The summed E-state index contributed by atoms with van der Waals surface area (Å²) >= 11 is 6.01. The molecule has 1 N–H and O–H groups in total. The number of methoxy groups -OCH3 is 1. The highest BCUT2D eigenvalue weighted by molar-refractivity contribution is 7.89. The van der Waals surface area contributed by atoms with Gasteiger partial charge in [-0.15, -0.1) is 11.6 Å². The predicted molar refractivity (Wildman–Crippen MR) is 69.9 cm³/mol. The van der Waals surface area contributed by atoms with Gasteiger partial charge in [-0.25, -0.2) is 13.1 Å². The number of halogens is 1. The number of sulfonamides is 1. The van der Waals surface area contributed by atoms with Crippen molar-refractivity contribution in [2.45, 2.75) is 32.1 Å². The van der Waals surface area contributed by atoms with Crippen LogP contribution in [0, 0.1) is 5.41 Å². The van der Waals surface area contributed by atoms with Gasteiger partial charge < -0.3 is 4.74 Å². The third-order valence-corrected chi connectivity index (χ3v) is 5.28. The summed E-state index contributed by atoms with van der Waals surface area (Å²) in [5.41, 5.74) is -0.0417. The third kappa shape index (κ3) is 5.12. The van der Waals surface area contributed by atoms with Crippen LogP contribution >= 0.6 is 11.6 Å². The van der Waals surface area contributed by atoms with Gasteiger partial charge in [0.15, 0.2) is 0 Å². The molecule has 0 aromatic rings. The second-order valence-electron chi connectivity index (χ2n) is 4.83. The molecule has 0 unspecified atom stereocenters. The highest BCUT2D eigenvalue weighted by Gasteiger charge is 2.32. The van der Waals surface area contributed by atoms with Crippen molar-refractivity contribution in [3.8, 4) is 0 Å². The maximum atomic E-state index is 11.7. The Morgan fingerprint density at radius 1 is 1.29 bits per heavy atom. The van der Waals surface area contributed by atoms with Gasteiger partial charge in [0.2, 0.25) is 10.0 Å². The zero-order chi connectivity index (χ0) is 12.8. The minimum atomic E-state index is -3.22. The molecule has 1 saturated carbocycles. The smallest absolute Gasteiger partial charge is 0.213 e. The number of hydrogen-bond acceptors (Lipinski definition) is 3. The largest absolute Gasteiger partial charge is 0.384 e. The fourth-order valence-electron chi connectivity index (χ4n) is 2.19. The van der Waals surface area contributed by atoms with E-state index in [2.05, 4.69) is 4.72 Å². The van der Waals surface area contributed by atoms with E-state index >= 15 is 0 Å². The standard InChI is InChI=1S/C11H22ClNO3S/c1-16-7-8-17(14,15)13-10-11(9-12)5-3-2-4-6-11/h13H,2-10H2,1H3. The lowest BCUT2D eigenvalue weighted by molar-refractivity contribution is 0.214. The van der Waals surface area contributed by atoms with E-state index in [1.807, 2.05) is 0 Å². The topological polar surface area (TPSA) is 55.4 Å².